The Balaban J connectivity index is 1.23. The van der Waals surface area contributed by atoms with Gasteiger partial charge in [-0.25, -0.2) is 9.59 Å². The van der Waals surface area contributed by atoms with Crippen molar-refractivity contribution in [1.82, 2.24) is 9.80 Å². The average molecular weight is 845 g/mol. The summed E-state index contributed by atoms with van der Waals surface area (Å²) < 4.78 is 31.8. The zero-order valence-electron chi connectivity index (χ0n) is 33.6. The molecule has 4 rings (SSSR count). The third-order valence-corrected chi connectivity index (χ3v) is 15.3. The van der Waals surface area contributed by atoms with Crippen molar-refractivity contribution < 1.29 is 38.0 Å². The van der Waals surface area contributed by atoms with Crippen LogP contribution in [0.15, 0.2) is 36.4 Å². The standard InChI is InChI=1S/C42H56N2O8S4/c1-43(25-19-33-15-17-35(47-3)37(31-33)49-5)23-11-7-9-21-41(53-27-13-28-54-41)51-39(45)40(46)52-42(55-29-14-30-56-42)22-10-8-12-24-44(2)26-20-34-16-18-36(48-4)38(32-34)50-6/h15-18,31-32H,9-10,13-14,19-30H2,1-6H3. The highest BCUT2D eigenvalue weighted by atomic mass is 32.2. The molecule has 0 radical (unpaired) electrons. The maximum absolute atomic E-state index is 13.3. The first-order valence-electron chi connectivity index (χ1n) is 18.9. The second-order valence-corrected chi connectivity index (χ2v) is 19.2. The molecule has 306 valence electrons. The topological polar surface area (TPSA) is 96.0 Å². The summed E-state index contributed by atoms with van der Waals surface area (Å²) in [6, 6.07) is 11.9. The Labute approximate surface area is 350 Å². The van der Waals surface area contributed by atoms with Gasteiger partial charge in [0.05, 0.1) is 41.5 Å². The summed E-state index contributed by atoms with van der Waals surface area (Å²) in [6.45, 7) is 2.91. The number of esters is 2. The molecule has 0 aromatic heterocycles. The van der Waals surface area contributed by atoms with E-state index in [0.29, 0.717) is 50.3 Å². The Morgan fingerprint density at radius 1 is 0.589 bits per heavy atom. The molecule has 0 saturated carbocycles. The molecule has 2 fully saturated rings. The van der Waals surface area contributed by atoms with Gasteiger partial charge in [-0.05, 0) is 98.2 Å². The van der Waals surface area contributed by atoms with E-state index >= 15 is 0 Å². The third-order valence-electron chi connectivity index (χ3n) is 9.05. The number of hydrogen-bond donors (Lipinski definition) is 0. The number of carbonyl (C=O) groups excluding carboxylic acids is 2. The summed E-state index contributed by atoms with van der Waals surface area (Å²) in [4.78, 5) is 31.0. The molecule has 0 amide bonds. The molecule has 14 heteroatoms. The van der Waals surface area contributed by atoms with E-state index in [0.717, 1.165) is 84.4 Å². The van der Waals surface area contributed by atoms with Gasteiger partial charge in [-0.3, -0.25) is 9.80 Å². The van der Waals surface area contributed by atoms with E-state index in [1.54, 1.807) is 75.5 Å². The molecule has 0 N–H and O–H groups in total. The SMILES string of the molecule is COc1ccc(CCN(C)CC#CCCC2(OC(=O)C(=O)OC3(CCC#CCN(C)CCc4ccc(OC)c(OC)c4)SCCCS3)SCCCS2)cc1OC. The molecule has 2 aliphatic rings. The molecule has 0 unspecified atom stereocenters. The number of carbonyl (C=O) groups is 2. The number of ether oxygens (including phenoxy) is 6. The molecule has 56 heavy (non-hydrogen) atoms. The Morgan fingerprint density at radius 2 is 0.964 bits per heavy atom. The molecule has 0 spiro atoms. The summed E-state index contributed by atoms with van der Waals surface area (Å²) in [5.74, 6) is 17.4. The molecule has 0 atom stereocenters. The Morgan fingerprint density at radius 3 is 1.32 bits per heavy atom. The van der Waals surface area contributed by atoms with Gasteiger partial charge < -0.3 is 28.4 Å². The normalized spacial score (nSPS) is 15.8. The number of hydrogen-bond acceptors (Lipinski definition) is 14. The van der Waals surface area contributed by atoms with Crippen molar-refractivity contribution in [2.24, 2.45) is 0 Å². The van der Waals surface area contributed by atoms with Crippen LogP contribution in [0.2, 0.25) is 0 Å². The van der Waals surface area contributed by atoms with Gasteiger partial charge in [-0.15, -0.1) is 58.9 Å². The van der Waals surface area contributed by atoms with Crippen LogP contribution in [0.4, 0.5) is 0 Å². The first-order valence-corrected chi connectivity index (χ1v) is 22.8. The van der Waals surface area contributed by atoms with Crippen molar-refractivity contribution in [1.29, 1.82) is 0 Å². The monoisotopic (exact) mass is 844 g/mol. The van der Waals surface area contributed by atoms with E-state index in [1.165, 1.54) is 0 Å². The molecule has 2 heterocycles. The lowest BCUT2D eigenvalue weighted by Crippen LogP contribution is -2.39. The van der Waals surface area contributed by atoms with Crippen LogP contribution in [0.25, 0.3) is 0 Å². The molecule has 0 bridgehead atoms. The van der Waals surface area contributed by atoms with E-state index in [1.807, 2.05) is 50.5 Å². The number of likely N-dealkylation sites (N-methyl/N-ethyl adjacent to an activating group) is 2. The Bertz CT molecular complexity index is 1570. The van der Waals surface area contributed by atoms with E-state index in [2.05, 4.69) is 33.5 Å². The minimum Gasteiger partial charge on any atom is -0.493 e. The van der Waals surface area contributed by atoms with Crippen molar-refractivity contribution in [3.63, 3.8) is 0 Å². The van der Waals surface area contributed by atoms with E-state index in [9.17, 15) is 9.59 Å². The van der Waals surface area contributed by atoms with Crippen molar-refractivity contribution in [3.8, 4) is 46.7 Å². The van der Waals surface area contributed by atoms with Crippen LogP contribution in [-0.4, -0.2) is 122 Å². The number of benzene rings is 2. The van der Waals surface area contributed by atoms with Gasteiger partial charge in [0.25, 0.3) is 0 Å². The smallest absolute Gasteiger partial charge is 0.419 e. The van der Waals surface area contributed by atoms with Crippen LogP contribution in [0.1, 0.15) is 49.7 Å². The molecular weight excluding hydrogens is 789 g/mol. The van der Waals surface area contributed by atoms with E-state index in [4.69, 9.17) is 28.4 Å². The molecule has 10 nitrogen and oxygen atoms in total. The summed E-state index contributed by atoms with van der Waals surface area (Å²) in [5, 5.41) is 0. The van der Waals surface area contributed by atoms with E-state index in [-0.39, 0.29) is 0 Å². The molecule has 2 aliphatic heterocycles. The summed E-state index contributed by atoms with van der Waals surface area (Å²) in [7, 11) is 10.6. The summed E-state index contributed by atoms with van der Waals surface area (Å²) in [5.41, 5.74) is 2.32. The highest BCUT2D eigenvalue weighted by Gasteiger charge is 2.43. The number of rotatable bonds is 18. The van der Waals surface area contributed by atoms with Crippen LogP contribution < -0.4 is 18.9 Å². The fourth-order valence-electron chi connectivity index (χ4n) is 5.85. The van der Waals surface area contributed by atoms with Crippen LogP contribution in [-0.2, 0) is 31.9 Å². The summed E-state index contributed by atoms with van der Waals surface area (Å²) >= 11 is 6.30. The highest BCUT2D eigenvalue weighted by molar-refractivity contribution is 8.19. The van der Waals surface area contributed by atoms with Gasteiger partial charge in [0.15, 0.2) is 23.0 Å². The minimum atomic E-state index is -0.942. The fraction of sp³-hybridized carbons (Fsp3) is 0.571. The van der Waals surface area contributed by atoms with Gasteiger partial charge in [0.2, 0.25) is 8.53 Å². The largest absolute Gasteiger partial charge is 0.493 e. The average Bonchev–Trinajstić information content (AvgIpc) is 3.22. The highest BCUT2D eigenvalue weighted by Crippen LogP contribution is 2.48. The second-order valence-electron chi connectivity index (χ2n) is 13.3. The van der Waals surface area contributed by atoms with Gasteiger partial charge in [0.1, 0.15) is 0 Å². The van der Waals surface area contributed by atoms with E-state index < -0.39 is 20.5 Å². The fourth-order valence-corrected chi connectivity index (χ4v) is 11.8. The maximum Gasteiger partial charge on any atom is 0.419 e. The molecule has 2 aromatic carbocycles. The van der Waals surface area contributed by atoms with Crippen LogP contribution in [0.3, 0.4) is 0 Å². The van der Waals surface area contributed by atoms with Crippen LogP contribution >= 0.6 is 47.0 Å². The first-order chi connectivity index (χ1) is 27.1. The molecule has 2 saturated heterocycles. The van der Waals surface area contributed by atoms with Gasteiger partial charge in [-0.2, -0.15) is 0 Å². The zero-order valence-corrected chi connectivity index (χ0v) is 36.8. The van der Waals surface area contributed by atoms with Crippen molar-refractivity contribution in [3.05, 3.63) is 47.5 Å². The van der Waals surface area contributed by atoms with Crippen LogP contribution in [0.5, 0.6) is 23.0 Å². The van der Waals surface area contributed by atoms with Gasteiger partial charge in [-0.1, -0.05) is 24.0 Å². The lowest BCUT2D eigenvalue weighted by Gasteiger charge is -2.36. The molecule has 2 aromatic rings. The van der Waals surface area contributed by atoms with Crippen LogP contribution in [0, 0.1) is 23.7 Å². The Hall–Kier alpha value is -2.98. The number of methoxy groups -OCH3 is 4. The lowest BCUT2D eigenvalue weighted by atomic mass is 10.1. The van der Waals surface area contributed by atoms with Crippen molar-refractivity contribution >= 4 is 59.0 Å². The predicted octanol–water partition coefficient (Wildman–Crippen LogP) is 7.07. The quantitative estimate of drug-likeness (QED) is 0.0870. The molecular formula is C42H56N2O8S4. The first kappa shape index (κ1) is 45.7. The lowest BCUT2D eigenvalue weighted by molar-refractivity contribution is -0.171. The third kappa shape index (κ3) is 14.8. The van der Waals surface area contributed by atoms with Gasteiger partial charge in [0, 0.05) is 38.8 Å². The number of nitrogens with zero attached hydrogens (tertiary/aromatic N) is 2. The number of thioether (sulfide) groups is 4. The van der Waals surface area contributed by atoms with Crippen molar-refractivity contribution in [2.45, 2.75) is 59.9 Å². The Kier molecular flexibility index (Phi) is 19.6. The summed E-state index contributed by atoms with van der Waals surface area (Å²) in [6.07, 6.45) is 5.88. The van der Waals surface area contributed by atoms with Crippen molar-refractivity contribution in [2.75, 3.05) is 91.7 Å². The zero-order chi connectivity index (χ0) is 40.2. The molecule has 0 aliphatic carbocycles. The van der Waals surface area contributed by atoms with Gasteiger partial charge >= 0.3 is 11.9 Å². The minimum absolute atomic E-state index is 0.524. The second kappa shape index (κ2) is 24.1. The predicted molar refractivity (Wildman–Crippen MR) is 232 cm³/mol. The maximum atomic E-state index is 13.3.